The molecule has 3 heteroatoms. The lowest BCUT2D eigenvalue weighted by Gasteiger charge is -2.13. The molecule has 168 valence electrons. The number of benzene rings is 4. The standard InChI is InChI=1S/C31H29N3/c1-19(2)15-23-17-24(16-22-10-6-7-11-25(22)23)30-29-28-26-12-8-5-9-21(26)13-14-27(28)34(20(3)4)31(29)33-18-32-30/h5-14,16-20H,15H2,1-4H3. The molecule has 0 N–H and O–H groups in total. The van der Waals surface area contributed by atoms with E-state index in [2.05, 4.69) is 105 Å². The van der Waals surface area contributed by atoms with Crippen LogP contribution in [0.4, 0.5) is 0 Å². The molecule has 6 rings (SSSR count). The minimum Gasteiger partial charge on any atom is -0.323 e. The summed E-state index contributed by atoms with van der Waals surface area (Å²) >= 11 is 0. The second-order valence-electron chi connectivity index (χ2n) is 10.0. The summed E-state index contributed by atoms with van der Waals surface area (Å²) in [4.78, 5) is 9.73. The van der Waals surface area contributed by atoms with Crippen LogP contribution in [0.3, 0.4) is 0 Å². The van der Waals surface area contributed by atoms with Gasteiger partial charge < -0.3 is 4.57 Å². The third-order valence-electron chi connectivity index (χ3n) is 6.84. The third kappa shape index (κ3) is 3.19. The molecule has 0 radical (unpaired) electrons. The Kier molecular flexibility index (Phi) is 4.88. The molecular weight excluding hydrogens is 414 g/mol. The summed E-state index contributed by atoms with van der Waals surface area (Å²) in [6.45, 7) is 9.03. The highest BCUT2D eigenvalue weighted by Gasteiger charge is 2.21. The maximum Gasteiger partial charge on any atom is 0.145 e. The van der Waals surface area contributed by atoms with Gasteiger partial charge in [-0.2, -0.15) is 0 Å². The van der Waals surface area contributed by atoms with E-state index in [0.29, 0.717) is 5.92 Å². The second kappa shape index (κ2) is 7.95. The van der Waals surface area contributed by atoms with Crippen molar-refractivity contribution in [1.82, 2.24) is 14.5 Å². The summed E-state index contributed by atoms with van der Waals surface area (Å²) in [7, 11) is 0. The SMILES string of the molecule is CC(C)Cc1cc(-c2ncnc3c2c2c4ccccc4ccc2n3C(C)C)cc2ccccc12. The number of fused-ring (bicyclic) bond motifs is 6. The van der Waals surface area contributed by atoms with Crippen molar-refractivity contribution in [2.75, 3.05) is 0 Å². The van der Waals surface area contributed by atoms with E-state index in [1.807, 2.05) is 0 Å². The predicted octanol–water partition coefficient (Wildman–Crippen LogP) is 8.34. The maximum absolute atomic E-state index is 4.91. The van der Waals surface area contributed by atoms with E-state index in [0.717, 1.165) is 28.7 Å². The Balaban J connectivity index is 1.77. The second-order valence-corrected chi connectivity index (χ2v) is 10.0. The first-order valence-electron chi connectivity index (χ1n) is 12.2. The molecule has 0 saturated carbocycles. The van der Waals surface area contributed by atoms with Crippen molar-refractivity contribution in [3.63, 3.8) is 0 Å². The molecule has 2 heterocycles. The first-order chi connectivity index (χ1) is 16.5. The smallest absolute Gasteiger partial charge is 0.145 e. The third-order valence-corrected chi connectivity index (χ3v) is 6.84. The van der Waals surface area contributed by atoms with Gasteiger partial charge in [-0.15, -0.1) is 0 Å². The number of aromatic nitrogens is 3. The molecule has 0 aliphatic heterocycles. The summed E-state index contributed by atoms with van der Waals surface area (Å²) in [5.74, 6) is 0.580. The van der Waals surface area contributed by atoms with E-state index in [9.17, 15) is 0 Å². The molecule has 4 aromatic carbocycles. The van der Waals surface area contributed by atoms with Gasteiger partial charge in [0.1, 0.15) is 12.0 Å². The van der Waals surface area contributed by atoms with Gasteiger partial charge in [0.15, 0.2) is 0 Å². The lowest BCUT2D eigenvalue weighted by molar-refractivity contribution is 0.637. The average molecular weight is 444 g/mol. The summed E-state index contributed by atoms with van der Waals surface area (Å²) in [6, 6.07) is 26.8. The fourth-order valence-electron chi connectivity index (χ4n) is 5.50. The topological polar surface area (TPSA) is 30.7 Å². The Morgan fingerprint density at radius 1 is 0.735 bits per heavy atom. The summed E-state index contributed by atoms with van der Waals surface area (Å²) in [5.41, 5.74) is 5.78. The Labute approximate surface area is 200 Å². The normalized spacial score (nSPS) is 12.2. The van der Waals surface area contributed by atoms with Crippen LogP contribution in [0.1, 0.15) is 39.3 Å². The highest BCUT2D eigenvalue weighted by molar-refractivity contribution is 6.23. The first kappa shape index (κ1) is 20.9. The summed E-state index contributed by atoms with van der Waals surface area (Å²) in [6.07, 6.45) is 2.77. The van der Waals surface area contributed by atoms with Crippen LogP contribution < -0.4 is 0 Å². The van der Waals surface area contributed by atoms with E-state index in [1.165, 1.54) is 38.0 Å². The zero-order valence-electron chi connectivity index (χ0n) is 20.2. The van der Waals surface area contributed by atoms with Crippen molar-refractivity contribution in [2.24, 2.45) is 5.92 Å². The number of hydrogen-bond donors (Lipinski definition) is 0. The lowest BCUT2D eigenvalue weighted by Crippen LogP contribution is -2.02. The van der Waals surface area contributed by atoms with Gasteiger partial charge in [-0.25, -0.2) is 9.97 Å². The van der Waals surface area contributed by atoms with Crippen LogP contribution in [0.2, 0.25) is 0 Å². The van der Waals surface area contributed by atoms with Gasteiger partial charge in [-0.05, 0) is 71.5 Å². The van der Waals surface area contributed by atoms with Crippen molar-refractivity contribution in [3.05, 3.63) is 84.7 Å². The molecule has 0 atom stereocenters. The molecule has 0 unspecified atom stereocenters. The Morgan fingerprint density at radius 3 is 2.24 bits per heavy atom. The molecule has 0 bridgehead atoms. The van der Waals surface area contributed by atoms with Gasteiger partial charge in [-0.1, -0.05) is 68.4 Å². The zero-order valence-corrected chi connectivity index (χ0v) is 20.2. The highest BCUT2D eigenvalue weighted by Crippen LogP contribution is 2.40. The van der Waals surface area contributed by atoms with Crippen molar-refractivity contribution in [2.45, 2.75) is 40.2 Å². The van der Waals surface area contributed by atoms with Gasteiger partial charge in [0.2, 0.25) is 0 Å². The molecule has 34 heavy (non-hydrogen) atoms. The van der Waals surface area contributed by atoms with Crippen LogP contribution in [0.25, 0.3) is 54.7 Å². The summed E-state index contributed by atoms with van der Waals surface area (Å²) in [5, 5.41) is 7.49. The van der Waals surface area contributed by atoms with Gasteiger partial charge in [0.05, 0.1) is 16.6 Å². The van der Waals surface area contributed by atoms with Crippen molar-refractivity contribution >= 4 is 43.5 Å². The monoisotopic (exact) mass is 443 g/mol. The predicted molar refractivity (Wildman–Crippen MR) is 144 cm³/mol. The van der Waals surface area contributed by atoms with E-state index in [-0.39, 0.29) is 6.04 Å². The number of nitrogens with zero attached hydrogens (tertiary/aromatic N) is 3. The molecule has 3 nitrogen and oxygen atoms in total. The van der Waals surface area contributed by atoms with Crippen LogP contribution in [-0.4, -0.2) is 14.5 Å². The van der Waals surface area contributed by atoms with Gasteiger partial charge in [0.25, 0.3) is 0 Å². The fourth-order valence-corrected chi connectivity index (χ4v) is 5.50. The minimum atomic E-state index is 0.289. The van der Waals surface area contributed by atoms with Crippen LogP contribution >= 0.6 is 0 Å². The van der Waals surface area contributed by atoms with Gasteiger partial charge in [0, 0.05) is 17.0 Å². The van der Waals surface area contributed by atoms with Crippen LogP contribution in [0.5, 0.6) is 0 Å². The van der Waals surface area contributed by atoms with Crippen molar-refractivity contribution in [1.29, 1.82) is 0 Å². The van der Waals surface area contributed by atoms with E-state index < -0.39 is 0 Å². The number of hydrogen-bond acceptors (Lipinski definition) is 2. The van der Waals surface area contributed by atoms with Crippen LogP contribution in [0.15, 0.2) is 79.1 Å². The number of rotatable bonds is 4. The lowest BCUT2D eigenvalue weighted by atomic mass is 9.92. The van der Waals surface area contributed by atoms with Crippen LogP contribution in [-0.2, 0) is 6.42 Å². The Hall–Kier alpha value is -3.72. The average Bonchev–Trinajstić information content (AvgIpc) is 3.19. The largest absolute Gasteiger partial charge is 0.323 e. The fraction of sp³-hybridized carbons (Fsp3) is 0.226. The Morgan fingerprint density at radius 2 is 1.47 bits per heavy atom. The molecule has 0 aliphatic rings. The molecule has 0 fully saturated rings. The molecule has 2 aromatic heterocycles. The summed E-state index contributed by atoms with van der Waals surface area (Å²) < 4.78 is 2.36. The van der Waals surface area contributed by atoms with Gasteiger partial charge in [-0.3, -0.25) is 0 Å². The molecule has 0 amide bonds. The highest BCUT2D eigenvalue weighted by atomic mass is 15.1. The molecular formula is C31H29N3. The van der Waals surface area contributed by atoms with E-state index in [4.69, 9.17) is 9.97 Å². The van der Waals surface area contributed by atoms with E-state index in [1.54, 1.807) is 6.33 Å². The Bertz CT molecular complexity index is 1690. The first-order valence-corrected chi connectivity index (χ1v) is 12.2. The maximum atomic E-state index is 4.91. The van der Waals surface area contributed by atoms with Gasteiger partial charge >= 0.3 is 0 Å². The van der Waals surface area contributed by atoms with E-state index >= 15 is 0 Å². The van der Waals surface area contributed by atoms with Crippen molar-refractivity contribution < 1.29 is 0 Å². The van der Waals surface area contributed by atoms with Crippen LogP contribution in [0, 0.1) is 5.92 Å². The molecule has 0 aliphatic carbocycles. The minimum absolute atomic E-state index is 0.289. The zero-order chi connectivity index (χ0) is 23.4. The molecule has 0 spiro atoms. The molecule has 0 saturated heterocycles. The quantitative estimate of drug-likeness (QED) is 0.274. The van der Waals surface area contributed by atoms with Crippen molar-refractivity contribution in [3.8, 4) is 11.3 Å². The molecule has 6 aromatic rings.